The predicted octanol–water partition coefficient (Wildman–Crippen LogP) is 11.4. The topological polar surface area (TPSA) is 252 Å². The maximum atomic E-state index is 11.9. The fourth-order valence-corrected chi connectivity index (χ4v) is 11.2. The fraction of sp³-hybridized carbons (Fsp3) is 0.268. The molecule has 18 nitrogen and oxygen atoms in total. The summed E-state index contributed by atoms with van der Waals surface area (Å²) in [6.45, 7) is 9.11. The first kappa shape index (κ1) is 63.2. The number of nitrogens with one attached hydrogen (secondary N) is 1. The monoisotopic (exact) mass is 1230 g/mol. The van der Waals surface area contributed by atoms with Crippen molar-refractivity contribution < 1.29 is 67.9 Å². The van der Waals surface area contributed by atoms with Crippen LogP contribution in [0.3, 0.4) is 0 Å². The number of hydrogen-bond acceptors (Lipinski definition) is 16. The number of aliphatic hydroxyl groups is 2. The van der Waals surface area contributed by atoms with Gasteiger partial charge in [-0.1, -0.05) is 84.4 Å². The molecule has 0 radical (unpaired) electrons. The largest absolute Gasteiger partial charge is 0.488 e. The molecule has 3 heterocycles. The van der Waals surface area contributed by atoms with Crippen LogP contribution < -0.4 is 43.2 Å². The smallest absolute Gasteiger partial charge is 0.323 e. The Labute approximate surface area is 526 Å². The number of aliphatic hydroxyl groups excluding tert-OH is 2. The number of ether oxygens (including phenoxy) is 8. The number of benzene rings is 8. The highest BCUT2D eigenvalue weighted by atomic mass is 35.5. The zero-order valence-corrected chi connectivity index (χ0v) is 50.6. The van der Waals surface area contributed by atoms with Crippen molar-refractivity contribution in [2.75, 3.05) is 39.6 Å². The minimum atomic E-state index is -1.14. The van der Waals surface area contributed by atoms with E-state index >= 15 is 0 Å². The summed E-state index contributed by atoms with van der Waals surface area (Å²) < 4.78 is 47.9. The Morgan fingerprint density at radius 2 is 1.10 bits per heavy atom. The van der Waals surface area contributed by atoms with Crippen LogP contribution >= 0.6 is 11.6 Å². The van der Waals surface area contributed by atoms with Crippen molar-refractivity contribution in [1.82, 2.24) is 10.2 Å². The molecule has 0 spiro atoms. The van der Waals surface area contributed by atoms with E-state index in [0.29, 0.717) is 83.3 Å². The van der Waals surface area contributed by atoms with Crippen molar-refractivity contribution in [3.8, 4) is 80.4 Å². The summed E-state index contributed by atoms with van der Waals surface area (Å²) in [5.41, 5.74) is 13.2. The number of nitriles is 2. The summed E-state index contributed by atoms with van der Waals surface area (Å²) in [5.74, 6) is 2.81. The number of carboxylic acids is 2. The van der Waals surface area contributed by atoms with Crippen LogP contribution in [0.5, 0.6) is 46.0 Å². The van der Waals surface area contributed by atoms with E-state index in [-0.39, 0.29) is 45.9 Å². The van der Waals surface area contributed by atoms with Crippen molar-refractivity contribution in [3.63, 3.8) is 0 Å². The van der Waals surface area contributed by atoms with Crippen LogP contribution in [0.25, 0.3) is 22.3 Å². The molecule has 90 heavy (non-hydrogen) atoms. The molecular weight excluding hydrogens is 1170 g/mol. The van der Waals surface area contributed by atoms with E-state index in [1.165, 1.54) is 0 Å². The molecule has 3 aliphatic rings. The number of nitrogens with zero attached hydrogens (tertiary/aromatic N) is 3. The van der Waals surface area contributed by atoms with Gasteiger partial charge in [-0.2, -0.15) is 10.5 Å². The van der Waals surface area contributed by atoms with E-state index in [9.17, 15) is 40.5 Å². The number of fused-ring (bicyclic) bond motifs is 2. The molecule has 1 saturated heterocycles. The molecule has 0 amide bonds. The summed E-state index contributed by atoms with van der Waals surface area (Å²) in [7, 11) is 0. The van der Waals surface area contributed by atoms with Gasteiger partial charge in [0.15, 0.2) is 23.0 Å². The molecule has 3 aliphatic heterocycles. The summed E-state index contributed by atoms with van der Waals surface area (Å²) in [6.07, 6.45) is -0.593. The summed E-state index contributed by atoms with van der Waals surface area (Å²) >= 11 is 6.75. The van der Waals surface area contributed by atoms with E-state index in [0.717, 1.165) is 84.2 Å². The van der Waals surface area contributed by atoms with Crippen molar-refractivity contribution in [1.29, 1.82) is 10.5 Å². The third-order valence-corrected chi connectivity index (χ3v) is 16.1. The fourth-order valence-electron chi connectivity index (χ4n) is 10.9. The number of aliphatic carboxylic acids is 2. The Morgan fingerprint density at radius 1 is 0.600 bits per heavy atom. The Kier molecular flexibility index (Phi) is 20.7. The molecule has 1 fully saturated rings. The lowest BCUT2D eigenvalue weighted by atomic mass is 9.96. The molecule has 462 valence electrons. The molecule has 11 rings (SSSR count). The van der Waals surface area contributed by atoms with Gasteiger partial charge in [0.05, 0.1) is 41.0 Å². The minimum Gasteiger partial charge on any atom is -0.488 e. The third kappa shape index (κ3) is 15.5. The van der Waals surface area contributed by atoms with Crippen molar-refractivity contribution in [2.24, 2.45) is 0 Å². The lowest BCUT2D eigenvalue weighted by molar-refractivity contribution is -0.142. The second-order valence-corrected chi connectivity index (χ2v) is 22.3. The molecule has 0 bridgehead atoms. The zero-order valence-electron chi connectivity index (χ0n) is 49.9. The number of carbonyl (C=O) groups is 2. The van der Waals surface area contributed by atoms with Crippen LogP contribution in [0, 0.1) is 43.4 Å². The summed E-state index contributed by atoms with van der Waals surface area (Å²) in [4.78, 5) is 25.0. The van der Waals surface area contributed by atoms with E-state index in [1.807, 2.05) is 92.7 Å². The number of rotatable bonds is 22. The van der Waals surface area contributed by atoms with Gasteiger partial charge in [0.1, 0.15) is 87.9 Å². The Morgan fingerprint density at radius 3 is 1.62 bits per heavy atom. The molecule has 5 N–H and O–H groups in total. The van der Waals surface area contributed by atoms with Gasteiger partial charge < -0.3 is 58.3 Å². The summed E-state index contributed by atoms with van der Waals surface area (Å²) in [5, 5.41) is 60.5. The normalized spacial score (nSPS) is 15.1. The number of carboxylic acid groups (broad SMARTS) is 2. The van der Waals surface area contributed by atoms with Gasteiger partial charge in [-0.3, -0.25) is 19.8 Å². The van der Waals surface area contributed by atoms with Gasteiger partial charge in [-0.25, -0.2) is 0 Å². The van der Waals surface area contributed by atoms with Gasteiger partial charge in [-0.05, 0) is 143 Å². The van der Waals surface area contributed by atoms with E-state index in [2.05, 4.69) is 36.5 Å². The molecule has 0 aliphatic carbocycles. The maximum Gasteiger partial charge on any atom is 0.323 e. The molecule has 0 saturated carbocycles. The molecule has 1 unspecified atom stereocenters. The maximum absolute atomic E-state index is 11.9. The second kappa shape index (κ2) is 29.5. The molecule has 19 heteroatoms. The van der Waals surface area contributed by atoms with Crippen molar-refractivity contribution in [3.05, 3.63) is 212 Å². The molecular formula is C71H67ClN4O14. The Balaban J connectivity index is 0.000000198. The first-order valence-corrected chi connectivity index (χ1v) is 29.7. The van der Waals surface area contributed by atoms with E-state index in [1.54, 1.807) is 59.5 Å². The third-order valence-electron chi connectivity index (χ3n) is 15.8. The van der Waals surface area contributed by atoms with Gasteiger partial charge in [0.2, 0.25) is 0 Å². The van der Waals surface area contributed by atoms with Crippen molar-refractivity contribution in [2.45, 2.75) is 84.9 Å². The van der Waals surface area contributed by atoms with Gasteiger partial charge in [0, 0.05) is 49.3 Å². The SMILES string of the molecule is Cc1c(COc2cc(OCc3cccc(C#N)c3)c(CN3C[C@H](O)C[C@@H]3C(=O)O)cc2Cl)cccc1-c1ccc2c(c1)OCCO2.Cc1cc(CNC(CO)C(=O)O)c(OCc2cccc(C#N)c2)cc1OCc1cccc(-c2ccc3c(c2)OCCO3)c1C. The van der Waals surface area contributed by atoms with Gasteiger partial charge >= 0.3 is 11.9 Å². The lowest BCUT2D eigenvalue weighted by Gasteiger charge is -2.23. The van der Waals surface area contributed by atoms with Crippen LogP contribution in [0.15, 0.2) is 146 Å². The molecule has 3 atom stereocenters. The number of aryl methyl sites for hydroxylation is 1. The van der Waals surface area contributed by atoms with Crippen LogP contribution in [-0.4, -0.2) is 95.0 Å². The molecule has 8 aromatic rings. The van der Waals surface area contributed by atoms with E-state index in [4.69, 9.17) is 49.5 Å². The van der Waals surface area contributed by atoms with Crippen molar-refractivity contribution >= 4 is 23.5 Å². The first-order valence-electron chi connectivity index (χ1n) is 29.3. The Bertz CT molecular complexity index is 4010. The zero-order chi connectivity index (χ0) is 63.3. The number of β-amino-alcohol motifs (C(OH)–C–C–N with tert-alkyl or cyclic N) is 1. The quantitative estimate of drug-likeness (QED) is 0.0423. The highest BCUT2D eigenvalue weighted by Gasteiger charge is 2.36. The minimum absolute atomic E-state index is 0.145. The van der Waals surface area contributed by atoms with Crippen LogP contribution in [0.1, 0.15) is 67.6 Å². The number of likely N-dealkylation sites (tertiary alicyclic amines) is 1. The number of halogens is 1. The van der Waals surface area contributed by atoms with E-state index < -0.39 is 36.7 Å². The van der Waals surface area contributed by atoms with Crippen LogP contribution in [-0.2, 0) is 49.1 Å². The second-order valence-electron chi connectivity index (χ2n) is 21.9. The van der Waals surface area contributed by atoms with Crippen LogP contribution in [0.4, 0.5) is 0 Å². The predicted molar refractivity (Wildman–Crippen MR) is 335 cm³/mol. The lowest BCUT2D eigenvalue weighted by Crippen LogP contribution is -2.39. The number of hydrogen-bond donors (Lipinski definition) is 5. The molecule has 0 aromatic heterocycles. The first-order chi connectivity index (χ1) is 43.6. The highest BCUT2D eigenvalue weighted by Crippen LogP contribution is 2.40. The van der Waals surface area contributed by atoms with Crippen LogP contribution in [0.2, 0.25) is 5.02 Å². The molecule has 8 aromatic carbocycles. The Hall–Kier alpha value is -9.79. The standard InChI is InChI=1S/C36H33ClN2O7.C35H34N2O7/c1-22-26(6-3-7-29(22)25-8-9-32-35(14-25)44-11-10-43-32)21-46-34-16-33(45-20-24-5-2-4-23(12-24)17-38)27(13-30(34)37)18-39-19-28(40)15-31(39)36(41)42;1-22-13-28(18-37-30(19-38)35(39)40)33(43-20-25-6-3-5-24(14-25)17-36)16-32(22)44-21-27-7-4-8-29(23(27)2)26-9-10-31-34(15-26)42-12-11-41-31/h2-9,12-14,16,28,31,40H,10-11,15,18-21H2,1H3,(H,41,42);3-10,13-16,30,37-38H,11-12,18-21H2,1-2H3,(H,39,40)/t28-,31-;/m1./s1. The van der Waals surface area contributed by atoms with Gasteiger partial charge in [0.25, 0.3) is 0 Å². The average molecular weight is 1240 g/mol. The summed E-state index contributed by atoms with van der Waals surface area (Å²) in [6, 6.07) is 47.8. The average Bonchev–Trinajstić information content (AvgIpc) is 1.24. The highest BCUT2D eigenvalue weighted by molar-refractivity contribution is 6.32. The van der Waals surface area contributed by atoms with Gasteiger partial charge in [-0.15, -0.1) is 0 Å².